The molecule has 1 aliphatic rings. The van der Waals surface area contributed by atoms with Gasteiger partial charge in [0.25, 0.3) is 0 Å². The lowest BCUT2D eigenvalue weighted by molar-refractivity contribution is -0.140. The number of ether oxygens (including phenoxy) is 2. The lowest BCUT2D eigenvalue weighted by Gasteiger charge is -2.16. The number of hydrogen-bond acceptors (Lipinski definition) is 5. The van der Waals surface area contributed by atoms with Crippen LogP contribution in [0.1, 0.15) is 37.0 Å². The van der Waals surface area contributed by atoms with E-state index in [4.69, 9.17) is 9.47 Å². The molecule has 0 bridgehead atoms. The fourth-order valence-electron chi connectivity index (χ4n) is 4.69. The molecule has 1 saturated carbocycles. The number of aliphatic carboxylic acids is 1. The van der Waals surface area contributed by atoms with Crippen molar-refractivity contribution in [1.29, 1.82) is 0 Å². The van der Waals surface area contributed by atoms with E-state index in [1.165, 1.54) is 0 Å². The molecular formula is C30H29N3O5. The quantitative estimate of drug-likeness (QED) is 0.292. The Bertz CT molecular complexity index is 1470. The summed E-state index contributed by atoms with van der Waals surface area (Å²) in [6.07, 6.45) is 2.02. The Labute approximate surface area is 220 Å². The number of carboxylic acid groups (broad SMARTS) is 1. The molecule has 1 heterocycles. The van der Waals surface area contributed by atoms with E-state index in [-0.39, 0.29) is 0 Å². The van der Waals surface area contributed by atoms with Gasteiger partial charge in [-0.2, -0.15) is 5.10 Å². The molecule has 38 heavy (non-hydrogen) atoms. The molecule has 8 nitrogen and oxygen atoms in total. The van der Waals surface area contributed by atoms with E-state index in [2.05, 4.69) is 10.4 Å². The second-order valence-corrected chi connectivity index (χ2v) is 9.49. The number of methoxy groups -OCH3 is 1. The van der Waals surface area contributed by atoms with E-state index < -0.39 is 23.6 Å². The number of amides is 1. The number of aromatic nitrogens is 2. The summed E-state index contributed by atoms with van der Waals surface area (Å²) in [6, 6.07) is 22.9. The minimum atomic E-state index is -0.772. The van der Waals surface area contributed by atoms with Gasteiger partial charge in [-0.25, -0.2) is 4.79 Å². The van der Waals surface area contributed by atoms with Crippen LogP contribution in [0.25, 0.3) is 22.3 Å². The fourth-order valence-corrected chi connectivity index (χ4v) is 4.69. The molecule has 2 N–H and O–H groups in total. The predicted octanol–water partition coefficient (Wildman–Crippen LogP) is 6.19. The third-order valence-electron chi connectivity index (χ3n) is 7.13. The van der Waals surface area contributed by atoms with Gasteiger partial charge in [-0.3, -0.25) is 14.8 Å². The van der Waals surface area contributed by atoms with Gasteiger partial charge in [0.2, 0.25) is 0 Å². The van der Waals surface area contributed by atoms with Crippen molar-refractivity contribution in [2.75, 3.05) is 12.4 Å². The SMILES string of the molecule is COc1cc(-c2cnn(C)c2NC(=O)OC(C)c2ccccc2)ccc1-c1ccc(C2(C(=O)O)CC2)cc1. The highest BCUT2D eigenvalue weighted by Crippen LogP contribution is 2.49. The summed E-state index contributed by atoms with van der Waals surface area (Å²) in [5, 5.41) is 16.7. The number of nitrogens with zero attached hydrogens (tertiary/aromatic N) is 2. The number of carbonyl (C=O) groups is 2. The number of nitrogens with one attached hydrogen (secondary N) is 1. The molecule has 1 unspecified atom stereocenters. The summed E-state index contributed by atoms with van der Waals surface area (Å²) >= 11 is 0. The van der Waals surface area contributed by atoms with E-state index >= 15 is 0 Å². The van der Waals surface area contributed by atoms with Crippen LogP contribution < -0.4 is 10.1 Å². The normalized spacial score (nSPS) is 14.4. The largest absolute Gasteiger partial charge is 0.496 e. The summed E-state index contributed by atoms with van der Waals surface area (Å²) in [6.45, 7) is 1.82. The lowest BCUT2D eigenvalue weighted by Crippen LogP contribution is -2.19. The Morgan fingerprint density at radius 2 is 1.68 bits per heavy atom. The second kappa shape index (κ2) is 10.0. The molecule has 0 saturated heterocycles. The monoisotopic (exact) mass is 511 g/mol. The molecule has 4 aromatic rings. The molecule has 1 aromatic heterocycles. The second-order valence-electron chi connectivity index (χ2n) is 9.49. The highest BCUT2D eigenvalue weighted by molar-refractivity contribution is 5.91. The number of rotatable bonds is 8. The Morgan fingerprint density at radius 1 is 1.00 bits per heavy atom. The maximum Gasteiger partial charge on any atom is 0.413 e. The highest BCUT2D eigenvalue weighted by atomic mass is 16.6. The van der Waals surface area contributed by atoms with Crippen molar-refractivity contribution in [1.82, 2.24) is 9.78 Å². The highest BCUT2D eigenvalue weighted by Gasteiger charge is 2.51. The summed E-state index contributed by atoms with van der Waals surface area (Å²) < 4.78 is 12.9. The van der Waals surface area contributed by atoms with Crippen molar-refractivity contribution in [3.05, 3.63) is 90.1 Å². The first kappa shape index (κ1) is 25.1. The number of carboxylic acids is 1. The summed E-state index contributed by atoms with van der Waals surface area (Å²) in [4.78, 5) is 24.4. The zero-order chi connectivity index (χ0) is 26.9. The molecule has 1 amide bonds. The number of anilines is 1. The molecule has 1 fully saturated rings. The third kappa shape index (κ3) is 4.72. The number of hydrogen-bond donors (Lipinski definition) is 2. The van der Waals surface area contributed by atoms with Crippen molar-refractivity contribution < 1.29 is 24.2 Å². The van der Waals surface area contributed by atoms with E-state index in [0.29, 0.717) is 30.0 Å². The van der Waals surface area contributed by atoms with Gasteiger partial charge in [0.15, 0.2) is 0 Å². The van der Waals surface area contributed by atoms with Gasteiger partial charge in [-0.15, -0.1) is 0 Å². The molecule has 1 aliphatic carbocycles. The molecule has 5 rings (SSSR count). The Balaban J connectivity index is 1.37. The summed E-state index contributed by atoms with van der Waals surface area (Å²) in [7, 11) is 3.35. The van der Waals surface area contributed by atoms with E-state index in [0.717, 1.165) is 27.8 Å². The first-order valence-corrected chi connectivity index (χ1v) is 12.4. The molecular weight excluding hydrogens is 482 g/mol. The standard InChI is InChI=1S/C30H29N3O5/c1-19(20-7-5-4-6-8-20)38-29(36)32-27-25(18-31-33(27)2)22-11-14-24(26(17-22)37-3)21-9-12-23(13-10-21)30(15-16-30)28(34)35/h4-14,17-19H,15-16H2,1-3H3,(H,32,36)(H,34,35). The predicted molar refractivity (Wildman–Crippen MR) is 144 cm³/mol. The lowest BCUT2D eigenvalue weighted by atomic mass is 9.93. The summed E-state index contributed by atoms with van der Waals surface area (Å²) in [5.41, 5.74) is 4.30. The van der Waals surface area contributed by atoms with Crippen molar-refractivity contribution in [3.8, 4) is 28.0 Å². The zero-order valence-electron chi connectivity index (χ0n) is 21.5. The van der Waals surface area contributed by atoms with Gasteiger partial charge in [0.05, 0.1) is 18.7 Å². The third-order valence-corrected chi connectivity index (χ3v) is 7.13. The zero-order valence-corrected chi connectivity index (χ0v) is 21.5. The summed E-state index contributed by atoms with van der Waals surface area (Å²) in [5.74, 6) is 0.369. The maximum absolute atomic E-state index is 12.7. The average Bonchev–Trinajstić information content (AvgIpc) is 3.68. The Hall–Kier alpha value is -4.59. The number of aryl methyl sites for hydroxylation is 1. The van der Waals surface area contributed by atoms with Crippen molar-refractivity contribution in [2.45, 2.75) is 31.3 Å². The van der Waals surface area contributed by atoms with Crippen LogP contribution in [0.4, 0.5) is 10.6 Å². The molecule has 1 atom stereocenters. The average molecular weight is 512 g/mol. The van der Waals surface area contributed by atoms with Crippen LogP contribution in [0.5, 0.6) is 5.75 Å². The Morgan fingerprint density at radius 3 is 2.32 bits per heavy atom. The van der Waals surface area contributed by atoms with Crippen molar-refractivity contribution in [3.63, 3.8) is 0 Å². The Kier molecular flexibility index (Phi) is 6.63. The number of carbonyl (C=O) groups excluding carboxylic acids is 1. The van der Waals surface area contributed by atoms with Crippen molar-refractivity contribution >= 4 is 17.9 Å². The first-order chi connectivity index (χ1) is 18.3. The van der Waals surface area contributed by atoms with E-state index in [1.807, 2.05) is 79.7 Å². The topological polar surface area (TPSA) is 103 Å². The molecule has 0 aliphatic heterocycles. The minimum absolute atomic E-state index is 0.413. The molecule has 194 valence electrons. The number of benzene rings is 3. The van der Waals surface area contributed by atoms with Gasteiger partial charge in [-0.1, -0.05) is 66.7 Å². The van der Waals surface area contributed by atoms with Crippen LogP contribution in [0.2, 0.25) is 0 Å². The molecule has 8 heteroatoms. The van der Waals surface area contributed by atoms with Gasteiger partial charge in [0.1, 0.15) is 17.7 Å². The van der Waals surface area contributed by atoms with E-state index in [1.54, 1.807) is 25.0 Å². The van der Waals surface area contributed by atoms with Gasteiger partial charge >= 0.3 is 12.1 Å². The molecule has 0 spiro atoms. The van der Waals surface area contributed by atoms with Crippen LogP contribution in [0.3, 0.4) is 0 Å². The van der Waals surface area contributed by atoms with Gasteiger partial charge < -0.3 is 14.6 Å². The fraction of sp³-hybridized carbons (Fsp3) is 0.233. The molecule has 3 aromatic carbocycles. The van der Waals surface area contributed by atoms with Crippen LogP contribution in [-0.4, -0.2) is 34.1 Å². The van der Waals surface area contributed by atoms with Crippen LogP contribution >= 0.6 is 0 Å². The first-order valence-electron chi connectivity index (χ1n) is 12.4. The van der Waals surface area contributed by atoms with Crippen LogP contribution in [-0.2, 0) is 22.0 Å². The maximum atomic E-state index is 12.7. The van der Waals surface area contributed by atoms with Crippen LogP contribution in [0, 0.1) is 0 Å². The minimum Gasteiger partial charge on any atom is -0.496 e. The van der Waals surface area contributed by atoms with Gasteiger partial charge in [0, 0.05) is 18.2 Å². The van der Waals surface area contributed by atoms with Crippen molar-refractivity contribution in [2.24, 2.45) is 7.05 Å². The smallest absolute Gasteiger partial charge is 0.413 e. The van der Waals surface area contributed by atoms with Gasteiger partial charge in [-0.05, 0) is 48.1 Å². The van der Waals surface area contributed by atoms with Crippen LogP contribution in [0.15, 0.2) is 79.0 Å². The molecule has 0 radical (unpaired) electrons. The van der Waals surface area contributed by atoms with E-state index in [9.17, 15) is 14.7 Å².